The molecule has 22 heavy (non-hydrogen) atoms. The largest absolute Gasteiger partial charge is 0.368 e. The van der Waals surface area contributed by atoms with E-state index in [0.29, 0.717) is 12.5 Å². The van der Waals surface area contributed by atoms with Crippen LogP contribution in [0, 0.1) is 0 Å². The Bertz CT molecular complexity index is 502. The third kappa shape index (κ3) is 3.16. The second kappa shape index (κ2) is 6.77. The monoisotopic (exact) mass is 307 g/mol. The maximum absolute atomic E-state index is 12.3. The standard InChI is InChI=1S/C16H25N3O3/c1-3-11(2)14-17-15(22-18-14)12-6-8-19(9-7-12)16(20)13-5-4-10-21-13/h11-13H,3-10H2,1-2H3/t11-,13+/m0/s1. The zero-order chi connectivity index (χ0) is 15.5. The number of piperidine rings is 1. The molecule has 0 N–H and O–H groups in total. The third-order valence-corrected chi connectivity index (χ3v) is 4.87. The quantitative estimate of drug-likeness (QED) is 0.854. The molecule has 2 aliphatic rings. The Morgan fingerprint density at radius 1 is 1.36 bits per heavy atom. The third-order valence-electron chi connectivity index (χ3n) is 4.87. The topological polar surface area (TPSA) is 68.5 Å². The van der Waals surface area contributed by atoms with Gasteiger partial charge in [0.25, 0.3) is 5.91 Å². The summed E-state index contributed by atoms with van der Waals surface area (Å²) in [6.07, 6.45) is 4.43. The fraction of sp³-hybridized carbons (Fsp3) is 0.812. The van der Waals surface area contributed by atoms with Crippen molar-refractivity contribution in [3.8, 4) is 0 Å². The average molecular weight is 307 g/mol. The molecule has 2 atom stereocenters. The lowest BCUT2D eigenvalue weighted by molar-refractivity contribution is -0.142. The normalized spacial score (nSPS) is 24.6. The number of nitrogens with zero attached hydrogens (tertiary/aromatic N) is 3. The molecule has 1 aromatic heterocycles. The van der Waals surface area contributed by atoms with Crippen LogP contribution < -0.4 is 0 Å². The van der Waals surface area contributed by atoms with Gasteiger partial charge in [0.2, 0.25) is 5.89 Å². The molecule has 2 fully saturated rings. The predicted molar refractivity (Wildman–Crippen MR) is 80.5 cm³/mol. The van der Waals surface area contributed by atoms with Gasteiger partial charge in [-0.05, 0) is 32.1 Å². The Balaban J connectivity index is 1.55. The summed E-state index contributed by atoms with van der Waals surface area (Å²) in [4.78, 5) is 18.8. The van der Waals surface area contributed by atoms with Crippen LogP contribution in [0.25, 0.3) is 0 Å². The van der Waals surface area contributed by atoms with Crippen LogP contribution in [0.4, 0.5) is 0 Å². The van der Waals surface area contributed by atoms with Crippen molar-refractivity contribution in [3.63, 3.8) is 0 Å². The summed E-state index contributed by atoms with van der Waals surface area (Å²) >= 11 is 0. The minimum Gasteiger partial charge on any atom is -0.368 e. The number of amides is 1. The van der Waals surface area contributed by atoms with E-state index in [1.165, 1.54) is 0 Å². The second-order valence-electron chi connectivity index (χ2n) is 6.40. The Morgan fingerprint density at radius 3 is 2.77 bits per heavy atom. The van der Waals surface area contributed by atoms with E-state index in [9.17, 15) is 4.79 Å². The van der Waals surface area contributed by atoms with E-state index < -0.39 is 0 Å². The van der Waals surface area contributed by atoms with Gasteiger partial charge in [0.15, 0.2) is 5.82 Å². The molecule has 0 aliphatic carbocycles. The van der Waals surface area contributed by atoms with Crippen molar-refractivity contribution >= 4 is 5.91 Å². The lowest BCUT2D eigenvalue weighted by atomic mass is 9.96. The summed E-state index contributed by atoms with van der Waals surface area (Å²) in [6.45, 7) is 6.45. The summed E-state index contributed by atoms with van der Waals surface area (Å²) in [5, 5.41) is 4.09. The van der Waals surface area contributed by atoms with E-state index in [4.69, 9.17) is 9.26 Å². The van der Waals surface area contributed by atoms with Crippen LogP contribution in [0.15, 0.2) is 4.52 Å². The van der Waals surface area contributed by atoms with Crippen LogP contribution in [-0.2, 0) is 9.53 Å². The average Bonchev–Trinajstić information content (AvgIpc) is 3.25. The molecule has 0 aromatic carbocycles. The summed E-state index contributed by atoms with van der Waals surface area (Å²) < 4.78 is 10.9. The number of ether oxygens (including phenoxy) is 1. The van der Waals surface area contributed by atoms with Gasteiger partial charge in [-0.2, -0.15) is 4.98 Å². The number of hydrogen-bond donors (Lipinski definition) is 0. The second-order valence-corrected chi connectivity index (χ2v) is 6.40. The van der Waals surface area contributed by atoms with Crippen LogP contribution in [-0.4, -0.2) is 46.7 Å². The van der Waals surface area contributed by atoms with E-state index in [1.807, 2.05) is 4.90 Å². The molecule has 6 heteroatoms. The Morgan fingerprint density at radius 2 is 2.14 bits per heavy atom. The minimum atomic E-state index is -0.211. The zero-order valence-electron chi connectivity index (χ0n) is 13.5. The highest BCUT2D eigenvalue weighted by molar-refractivity contribution is 5.81. The molecule has 3 rings (SSSR count). The van der Waals surface area contributed by atoms with Crippen LogP contribution in [0.5, 0.6) is 0 Å². The molecule has 3 heterocycles. The van der Waals surface area contributed by atoms with E-state index in [-0.39, 0.29) is 17.9 Å². The van der Waals surface area contributed by atoms with Crippen molar-refractivity contribution < 1.29 is 14.1 Å². The number of aromatic nitrogens is 2. The molecule has 2 aliphatic heterocycles. The smallest absolute Gasteiger partial charge is 0.251 e. The van der Waals surface area contributed by atoms with Crippen molar-refractivity contribution in [2.75, 3.05) is 19.7 Å². The number of hydrogen-bond acceptors (Lipinski definition) is 5. The van der Waals surface area contributed by atoms with Gasteiger partial charge in [-0.1, -0.05) is 19.0 Å². The SMILES string of the molecule is CC[C@H](C)c1noc(C2CCN(C(=O)[C@H]3CCCO3)CC2)n1. The van der Waals surface area contributed by atoms with Gasteiger partial charge in [-0.3, -0.25) is 4.79 Å². The molecule has 0 radical (unpaired) electrons. The fourth-order valence-corrected chi connectivity index (χ4v) is 3.12. The van der Waals surface area contributed by atoms with Crippen molar-refractivity contribution in [2.24, 2.45) is 0 Å². The lowest BCUT2D eigenvalue weighted by Gasteiger charge is -2.31. The molecule has 1 amide bonds. The number of rotatable bonds is 4. The maximum Gasteiger partial charge on any atom is 0.251 e. The lowest BCUT2D eigenvalue weighted by Crippen LogP contribution is -2.43. The van der Waals surface area contributed by atoms with E-state index in [2.05, 4.69) is 24.0 Å². The summed E-state index contributed by atoms with van der Waals surface area (Å²) in [7, 11) is 0. The predicted octanol–water partition coefficient (Wildman–Crippen LogP) is 2.47. The van der Waals surface area contributed by atoms with Crippen LogP contribution in [0.1, 0.15) is 69.5 Å². The molecule has 0 spiro atoms. The van der Waals surface area contributed by atoms with Gasteiger partial charge in [-0.15, -0.1) is 0 Å². The molecule has 2 saturated heterocycles. The zero-order valence-corrected chi connectivity index (χ0v) is 13.5. The highest BCUT2D eigenvalue weighted by Gasteiger charge is 2.32. The summed E-state index contributed by atoms with van der Waals surface area (Å²) in [6, 6.07) is 0. The molecule has 0 saturated carbocycles. The van der Waals surface area contributed by atoms with Gasteiger partial charge >= 0.3 is 0 Å². The first-order chi connectivity index (χ1) is 10.7. The van der Waals surface area contributed by atoms with Gasteiger partial charge in [0, 0.05) is 31.5 Å². The van der Waals surface area contributed by atoms with Crippen molar-refractivity contribution in [2.45, 2.75) is 63.9 Å². The van der Waals surface area contributed by atoms with E-state index in [1.54, 1.807) is 0 Å². The number of likely N-dealkylation sites (tertiary alicyclic amines) is 1. The Kier molecular flexibility index (Phi) is 4.76. The van der Waals surface area contributed by atoms with Gasteiger partial charge in [0.1, 0.15) is 6.10 Å². The van der Waals surface area contributed by atoms with Gasteiger partial charge < -0.3 is 14.2 Å². The Labute approximate surface area is 131 Å². The first kappa shape index (κ1) is 15.5. The fourth-order valence-electron chi connectivity index (χ4n) is 3.12. The van der Waals surface area contributed by atoms with E-state index >= 15 is 0 Å². The molecule has 1 aromatic rings. The van der Waals surface area contributed by atoms with Gasteiger partial charge in [-0.25, -0.2) is 0 Å². The Hall–Kier alpha value is -1.43. The molecule has 0 unspecified atom stereocenters. The van der Waals surface area contributed by atoms with Crippen LogP contribution >= 0.6 is 0 Å². The number of carbonyl (C=O) groups is 1. The first-order valence-electron chi connectivity index (χ1n) is 8.43. The summed E-state index contributed by atoms with van der Waals surface area (Å²) in [5.41, 5.74) is 0. The highest BCUT2D eigenvalue weighted by atomic mass is 16.5. The molecular weight excluding hydrogens is 282 g/mol. The molecule has 0 bridgehead atoms. The van der Waals surface area contributed by atoms with Crippen molar-refractivity contribution in [1.82, 2.24) is 15.0 Å². The first-order valence-corrected chi connectivity index (χ1v) is 8.43. The van der Waals surface area contributed by atoms with Gasteiger partial charge in [0.05, 0.1) is 0 Å². The molecular formula is C16H25N3O3. The minimum absolute atomic E-state index is 0.154. The molecule has 122 valence electrons. The van der Waals surface area contributed by atoms with E-state index in [0.717, 1.165) is 56.9 Å². The van der Waals surface area contributed by atoms with Crippen molar-refractivity contribution in [3.05, 3.63) is 11.7 Å². The van der Waals surface area contributed by atoms with Crippen LogP contribution in [0.2, 0.25) is 0 Å². The summed E-state index contributed by atoms with van der Waals surface area (Å²) in [5.74, 6) is 2.30. The van der Waals surface area contributed by atoms with Crippen molar-refractivity contribution in [1.29, 1.82) is 0 Å². The number of carbonyl (C=O) groups excluding carboxylic acids is 1. The maximum atomic E-state index is 12.3. The van der Waals surface area contributed by atoms with Crippen LogP contribution in [0.3, 0.4) is 0 Å². The highest BCUT2D eigenvalue weighted by Crippen LogP contribution is 2.29. The molecule has 6 nitrogen and oxygen atoms in total.